The molecule has 2 N–H and O–H groups in total. The van der Waals surface area contributed by atoms with E-state index in [2.05, 4.69) is 5.32 Å². The quantitative estimate of drug-likeness (QED) is 0.454. The fourth-order valence-corrected chi connectivity index (χ4v) is 4.46. The summed E-state index contributed by atoms with van der Waals surface area (Å²) in [5.41, 5.74) is 4.02. The highest BCUT2D eigenvalue weighted by molar-refractivity contribution is 7.80. The summed E-state index contributed by atoms with van der Waals surface area (Å²) in [6.45, 7) is 1.71. The van der Waals surface area contributed by atoms with E-state index in [1.807, 2.05) is 60.0 Å². The Balaban J connectivity index is 2.02. The summed E-state index contributed by atoms with van der Waals surface area (Å²) in [5.74, 6) is -1.32. The summed E-state index contributed by atoms with van der Waals surface area (Å²) >= 11 is 6.47. The number of hydrogen-bond donors (Lipinski definition) is 3. The van der Waals surface area contributed by atoms with Gasteiger partial charge in [0.1, 0.15) is 6.04 Å². The second kappa shape index (κ2) is 9.76. The van der Waals surface area contributed by atoms with Gasteiger partial charge in [0.15, 0.2) is 0 Å². The summed E-state index contributed by atoms with van der Waals surface area (Å²) in [4.78, 5) is 25.5. The van der Waals surface area contributed by atoms with E-state index in [-0.39, 0.29) is 18.7 Å². The van der Waals surface area contributed by atoms with Gasteiger partial charge in [-0.05, 0) is 34.6 Å². The third-order valence-corrected chi connectivity index (χ3v) is 6.18. The summed E-state index contributed by atoms with van der Waals surface area (Å²) in [5, 5.41) is 14.2. The number of carbonyl (C=O) groups excluding carboxylic acids is 1. The van der Waals surface area contributed by atoms with Gasteiger partial charge in [-0.25, -0.2) is 4.79 Å². The molecule has 2 aromatic carbocycles. The lowest BCUT2D eigenvalue weighted by Crippen LogP contribution is -2.42. The second-order valence-corrected chi connectivity index (χ2v) is 8.15. The molecule has 0 aliphatic carbocycles. The Bertz CT molecular complexity index is 985. The predicted molar refractivity (Wildman–Crippen MR) is 120 cm³/mol. The molecule has 0 saturated heterocycles. The Labute approximate surface area is 180 Å². The van der Waals surface area contributed by atoms with E-state index >= 15 is 0 Å². The van der Waals surface area contributed by atoms with Crippen molar-refractivity contribution >= 4 is 35.8 Å². The molecule has 0 bridgehead atoms. The summed E-state index contributed by atoms with van der Waals surface area (Å²) in [6.07, 6.45) is 1.10. The van der Waals surface area contributed by atoms with Crippen LogP contribution in [0.1, 0.15) is 30.0 Å². The molecule has 1 aromatic heterocycles. The molecule has 29 heavy (non-hydrogen) atoms. The molecule has 3 aromatic rings. The number of nitrogens with one attached hydrogen (secondary N) is 1. The van der Waals surface area contributed by atoms with E-state index in [0.29, 0.717) is 6.42 Å². The van der Waals surface area contributed by atoms with Gasteiger partial charge in [0.2, 0.25) is 5.91 Å². The number of carboxylic acids is 1. The van der Waals surface area contributed by atoms with Crippen LogP contribution in [0.2, 0.25) is 0 Å². The average molecular weight is 426 g/mol. The highest BCUT2D eigenvalue weighted by Crippen LogP contribution is 2.35. The van der Waals surface area contributed by atoms with Crippen LogP contribution in [0.4, 0.5) is 0 Å². The van der Waals surface area contributed by atoms with Crippen molar-refractivity contribution in [2.24, 2.45) is 0 Å². The maximum Gasteiger partial charge on any atom is 0.326 e. The fraction of sp³-hybridized carbons (Fsp3) is 0.217. The zero-order valence-electron chi connectivity index (χ0n) is 16.1. The van der Waals surface area contributed by atoms with Crippen LogP contribution in [0.5, 0.6) is 0 Å². The van der Waals surface area contributed by atoms with Crippen molar-refractivity contribution in [2.75, 3.05) is 0 Å². The molecule has 0 aliphatic heterocycles. The van der Waals surface area contributed by atoms with Gasteiger partial charge in [-0.15, -0.1) is 24.0 Å². The average Bonchev–Trinajstić information content (AvgIpc) is 3.25. The van der Waals surface area contributed by atoms with Gasteiger partial charge in [0.05, 0.1) is 0 Å². The van der Waals surface area contributed by atoms with Gasteiger partial charge >= 0.3 is 5.97 Å². The van der Waals surface area contributed by atoms with Crippen LogP contribution in [0.15, 0.2) is 64.9 Å². The highest BCUT2D eigenvalue weighted by Gasteiger charge is 2.23. The molecule has 1 atom stereocenters. The van der Waals surface area contributed by atoms with Crippen LogP contribution in [-0.4, -0.2) is 23.0 Å². The number of thiol groups is 1. The van der Waals surface area contributed by atoms with Crippen LogP contribution in [0, 0.1) is 0 Å². The largest absolute Gasteiger partial charge is 0.480 e. The standard InChI is InChI=1S/C23H23NO3S2/c1-2-21(25)24-19(23(26)27)14-16-10-11-17(20-9-6-12-29-20)22(28)18(16)13-15-7-4-3-5-8-15/h3-12,19,28H,2,13-14H2,1H3,(H,24,25)(H,26,27)/t19-/m0/s1. The second-order valence-electron chi connectivity index (χ2n) is 6.76. The van der Waals surface area contributed by atoms with Crippen LogP contribution in [-0.2, 0) is 22.4 Å². The third kappa shape index (κ3) is 5.28. The van der Waals surface area contributed by atoms with Gasteiger partial charge in [-0.2, -0.15) is 0 Å². The van der Waals surface area contributed by atoms with E-state index in [1.54, 1.807) is 18.3 Å². The third-order valence-electron chi connectivity index (χ3n) is 4.77. The topological polar surface area (TPSA) is 66.4 Å². The molecule has 3 rings (SSSR count). The van der Waals surface area contributed by atoms with Crippen LogP contribution < -0.4 is 5.32 Å². The van der Waals surface area contributed by atoms with Crippen LogP contribution >= 0.6 is 24.0 Å². The molecule has 150 valence electrons. The van der Waals surface area contributed by atoms with Crippen molar-refractivity contribution in [1.29, 1.82) is 0 Å². The maximum atomic E-state index is 11.8. The first-order valence-electron chi connectivity index (χ1n) is 9.43. The summed E-state index contributed by atoms with van der Waals surface area (Å²) in [6, 6.07) is 17.0. The number of aliphatic carboxylic acids is 1. The van der Waals surface area contributed by atoms with Crippen molar-refractivity contribution in [3.8, 4) is 10.4 Å². The highest BCUT2D eigenvalue weighted by atomic mass is 32.1. The van der Waals surface area contributed by atoms with Crippen molar-refractivity contribution < 1.29 is 14.7 Å². The molecule has 0 fully saturated rings. The number of amides is 1. The number of hydrogen-bond acceptors (Lipinski definition) is 4. The number of thiophene rings is 1. The molecule has 1 amide bonds. The minimum absolute atomic E-state index is 0.210. The van der Waals surface area contributed by atoms with Crippen molar-refractivity contribution in [3.63, 3.8) is 0 Å². The van der Waals surface area contributed by atoms with Gasteiger partial charge in [0.25, 0.3) is 0 Å². The number of carboxylic acid groups (broad SMARTS) is 1. The Kier molecular flexibility index (Phi) is 7.12. The fourth-order valence-electron chi connectivity index (χ4n) is 3.21. The lowest BCUT2D eigenvalue weighted by Gasteiger charge is -2.19. The van der Waals surface area contributed by atoms with Gasteiger partial charge in [-0.3, -0.25) is 4.79 Å². The molecule has 4 nitrogen and oxygen atoms in total. The van der Waals surface area contributed by atoms with Crippen LogP contribution in [0.3, 0.4) is 0 Å². The van der Waals surface area contributed by atoms with Gasteiger partial charge < -0.3 is 10.4 Å². The molecule has 6 heteroatoms. The smallest absolute Gasteiger partial charge is 0.326 e. The first-order valence-corrected chi connectivity index (χ1v) is 10.8. The monoisotopic (exact) mass is 425 g/mol. The minimum Gasteiger partial charge on any atom is -0.480 e. The summed E-state index contributed by atoms with van der Waals surface area (Å²) < 4.78 is 0. The molecule has 0 radical (unpaired) electrons. The summed E-state index contributed by atoms with van der Waals surface area (Å²) in [7, 11) is 0. The molecular formula is C23H23NO3S2. The van der Waals surface area contributed by atoms with Crippen molar-refractivity contribution in [2.45, 2.75) is 37.1 Å². The molecule has 0 aliphatic rings. The number of benzene rings is 2. The normalized spacial score (nSPS) is 11.8. The van der Waals surface area contributed by atoms with Crippen molar-refractivity contribution in [3.05, 3.63) is 76.7 Å². The molecular weight excluding hydrogens is 402 g/mol. The van der Waals surface area contributed by atoms with Gasteiger partial charge in [0, 0.05) is 28.2 Å². The first kappa shape index (κ1) is 21.1. The molecule has 1 heterocycles. The van der Waals surface area contributed by atoms with Crippen LogP contribution in [0.25, 0.3) is 10.4 Å². The first-order chi connectivity index (χ1) is 14.0. The SMILES string of the molecule is CCC(=O)N[C@@H](Cc1ccc(-c2cccs2)c(S)c1Cc1ccccc1)C(=O)O. The van der Waals surface area contributed by atoms with E-state index in [0.717, 1.165) is 32.0 Å². The lowest BCUT2D eigenvalue weighted by molar-refractivity contribution is -0.141. The van der Waals surface area contributed by atoms with E-state index in [1.165, 1.54) is 0 Å². The predicted octanol–water partition coefficient (Wildman–Crippen LogP) is 4.82. The lowest BCUT2D eigenvalue weighted by atomic mass is 9.93. The zero-order chi connectivity index (χ0) is 20.8. The maximum absolute atomic E-state index is 11.8. The Morgan fingerprint density at radius 2 is 1.86 bits per heavy atom. The minimum atomic E-state index is -1.04. The number of carbonyl (C=O) groups is 2. The molecule has 0 unspecified atom stereocenters. The van der Waals surface area contributed by atoms with Crippen molar-refractivity contribution in [1.82, 2.24) is 5.32 Å². The van der Waals surface area contributed by atoms with E-state index in [9.17, 15) is 14.7 Å². The van der Waals surface area contributed by atoms with E-state index < -0.39 is 12.0 Å². The Hall–Kier alpha value is -2.57. The van der Waals surface area contributed by atoms with Gasteiger partial charge in [-0.1, -0.05) is 55.5 Å². The number of rotatable bonds is 8. The van der Waals surface area contributed by atoms with E-state index in [4.69, 9.17) is 12.6 Å². The zero-order valence-corrected chi connectivity index (χ0v) is 17.8. The Morgan fingerprint density at radius 1 is 1.10 bits per heavy atom. The Morgan fingerprint density at radius 3 is 2.48 bits per heavy atom. The molecule has 0 spiro atoms. The molecule has 0 saturated carbocycles.